The fourth-order valence-electron chi connectivity index (χ4n) is 2.93. The Kier molecular flexibility index (Phi) is 4.71. The molecule has 1 N–H and O–H groups in total. The van der Waals surface area contributed by atoms with E-state index < -0.39 is 5.97 Å². The maximum Gasteiger partial charge on any atom is 0.353 e. The van der Waals surface area contributed by atoms with E-state index in [1.165, 1.54) is 18.7 Å². The lowest BCUT2D eigenvalue weighted by Crippen LogP contribution is -2.09. The number of aromatic carboxylic acids is 1. The first-order valence-electron chi connectivity index (χ1n) is 7.64. The lowest BCUT2D eigenvalue weighted by atomic mass is 10.1. The van der Waals surface area contributed by atoms with Gasteiger partial charge in [0.05, 0.1) is 5.52 Å². The summed E-state index contributed by atoms with van der Waals surface area (Å²) < 4.78 is 1.78. The van der Waals surface area contributed by atoms with Gasteiger partial charge in [-0.25, -0.2) is 4.79 Å². The third-order valence-electron chi connectivity index (χ3n) is 3.85. The summed E-state index contributed by atoms with van der Waals surface area (Å²) in [7, 11) is 0. The van der Waals surface area contributed by atoms with Crippen molar-refractivity contribution in [3.05, 3.63) is 65.9 Å². The van der Waals surface area contributed by atoms with Crippen molar-refractivity contribution in [2.45, 2.75) is 13.3 Å². The molecule has 2 aromatic carbocycles. The van der Waals surface area contributed by atoms with Crippen LogP contribution >= 0.6 is 11.8 Å². The van der Waals surface area contributed by atoms with Crippen molar-refractivity contribution < 1.29 is 14.7 Å². The van der Waals surface area contributed by atoms with Crippen molar-refractivity contribution in [2.75, 3.05) is 5.75 Å². The van der Waals surface area contributed by atoms with E-state index in [4.69, 9.17) is 0 Å². The number of carboxylic acid groups (broad SMARTS) is 1. The van der Waals surface area contributed by atoms with Gasteiger partial charge in [0.2, 0.25) is 0 Å². The molecule has 0 amide bonds. The first kappa shape index (κ1) is 16.3. The molecule has 1 aromatic heterocycles. The summed E-state index contributed by atoms with van der Waals surface area (Å²) in [6, 6.07) is 17.2. The SMILES string of the molecule is CC(=O)SCCc1c(C(=O)O)n(-c2ccccc2)c2ccccc12. The third-order valence-corrected chi connectivity index (χ3v) is 4.67. The van der Waals surface area contributed by atoms with Gasteiger partial charge in [-0.1, -0.05) is 48.2 Å². The molecule has 0 bridgehead atoms. The van der Waals surface area contributed by atoms with E-state index in [0.717, 1.165) is 22.2 Å². The molecule has 0 atom stereocenters. The van der Waals surface area contributed by atoms with Crippen molar-refractivity contribution >= 4 is 33.7 Å². The molecule has 5 heteroatoms. The average Bonchev–Trinajstić information content (AvgIpc) is 2.90. The Morgan fingerprint density at radius 2 is 1.71 bits per heavy atom. The van der Waals surface area contributed by atoms with Crippen LogP contribution < -0.4 is 0 Å². The van der Waals surface area contributed by atoms with Crippen LogP contribution in [-0.4, -0.2) is 26.5 Å². The number of aromatic nitrogens is 1. The second-order valence-corrected chi connectivity index (χ2v) is 6.68. The zero-order valence-electron chi connectivity index (χ0n) is 13.2. The number of benzene rings is 2. The summed E-state index contributed by atoms with van der Waals surface area (Å²) in [6.07, 6.45) is 0.534. The van der Waals surface area contributed by atoms with E-state index in [2.05, 4.69) is 0 Å². The maximum absolute atomic E-state index is 12.0. The van der Waals surface area contributed by atoms with Crippen LogP contribution in [0.1, 0.15) is 23.0 Å². The minimum Gasteiger partial charge on any atom is -0.477 e. The summed E-state index contributed by atoms with van der Waals surface area (Å²) in [5, 5.41) is 10.8. The number of hydrogen-bond acceptors (Lipinski definition) is 3. The zero-order chi connectivity index (χ0) is 17.1. The average molecular weight is 339 g/mol. The van der Waals surface area contributed by atoms with Crippen LogP contribution in [0.25, 0.3) is 16.6 Å². The molecule has 0 aliphatic rings. The van der Waals surface area contributed by atoms with Gasteiger partial charge in [0.15, 0.2) is 5.12 Å². The van der Waals surface area contributed by atoms with Crippen molar-refractivity contribution in [1.82, 2.24) is 4.57 Å². The summed E-state index contributed by atoms with van der Waals surface area (Å²) in [5.74, 6) is -0.392. The molecule has 24 heavy (non-hydrogen) atoms. The highest BCUT2D eigenvalue weighted by Gasteiger charge is 2.22. The molecule has 0 aliphatic heterocycles. The smallest absolute Gasteiger partial charge is 0.353 e. The Labute approximate surface area is 144 Å². The lowest BCUT2D eigenvalue weighted by Gasteiger charge is -2.09. The van der Waals surface area contributed by atoms with E-state index >= 15 is 0 Å². The van der Waals surface area contributed by atoms with E-state index in [1.807, 2.05) is 54.6 Å². The molecule has 3 rings (SSSR count). The highest BCUT2D eigenvalue weighted by Crippen LogP contribution is 2.30. The van der Waals surface area contributed by atoms with Gasteiger partial charge in [-0.15, -0.1) is 0 Å². The standard InChI is InChI=1S/C19H17NO3S/c1-13(21)24-12-11-16-15-9-5-6-10-17(15)20(18(16)19(22)23)14-7-3-2-4-8-14/h2-10H,11-12H2,1H3,(H,22,23). The highest BCUT2D eigenvalue weighted by molar-refractivity contribution is 8.13. The molecule has 0 saturated heterocycles. The topological polar surface area (TPSA) is 59.3 Å². The van der Waals surface area contributed by atoms with Gasteiger partial charge in [-0.3, -0.25) is 4.79 Å². The predicted octanol–water partition coefficient (Wildman–Crippen LogP) is 4.15. The number of aryl methyl sites for hydroxylation is 1. The van der Waals surface area contributed by atoms with E-state index in [1.54, 1.807) is 4.57 Å². The first-order chi connectivity index (χ1) is 11.6. The van der Waals surface area contributed by atoms with Crippen molar-refractivity contribution in [1.29, 1.82) is 0 Å². The Hall–Kier alpha value is -2.53. The third kappa shape index (κ3) is 3.08. The minimum absolute atomic E-state index is 0.0404. The second kappa shape index (κ2) is 6.93. The van der Waals surface area contributed by atoms with E-state index in [-0.39, 0.29) is 10.8 Å². The van der Waals surface area contributed by atoms with Crippen molar-refractivity contribution in [3.63, 3.8) is 0 Å². The summed E-state index contributed by atoms with van der Waals surface area (Å²) in [4.78, 5) is 23.2. The number of carboxylic acids is 1. The highest BCUT2D eigenvalue weighted by atomic mass is 32.2. The van der Waals surface area contributed by atoms with Gasteiger partial charge in [-0.2, -0.15) is 0 Å². The maximum atomic E-state index is 12.0. The van der Waals surface area contributed by atoms with Gasteiger partial charge < -0.3 is 9.67 Å². The lowest BCUT2D eigenvalue weighted by molar-refractivity contribution is -0.109. The molecular weight excluding hydrogens is 322 g/mol. The number of thioether (sulfide) groups is 1. The number of hydrogen-bond donors (Lipinski definition) is 1. The number of carbonyl (C=O) groups is 2. The van der Waals surface area contributed by atoms with Crippen LogP contribution in [0.3, 0.4) is 0 Å². The number of rotatable bonds is 5. The molecule has 3 aromatic rings. The van der Waals surface area contributed by atoms with Gasteiger partial charge in [0, 0.05) is 23.8 Å². The van der Waals surface area contributed by atoms with Crippen LogP contribution in [-0.2, 0) is 11.2 Å². The second-order valence-electron chi connectivity index (χ2n) is 5.41. The van der Waals surface area contributed by atoms with Crippen LogP contribution in [0.5, 0.6) is 0 Å². The number of fused-ring (bicyclic) bond motifs is 1. The largest absolute Gasteiger partial charge is 0.477 e. The quantitative estimate of drug-likeness (QED) is 0.758. The molecule has 4 nitrogen and oxygen atoms in total. The fraction of sp³-hybridized carbons (Fsp3) is 0.158. The summed E-state index contributed by atoms with van der Waals surface area (Å²) in [5.41, 5.74) is 2.72. The molecule has 0 fully saturated rings. The van der Waals surface area contributed by atoms with Crippen LogP contribution in [0, 0.1) is 0 Å². The molecular formula is C19H17NO3S. The molecule has 0 unspecified atom stereocenters. The number of nitrogens with zero attached hydrogens (tertiary/aromatic N) is 1. The molecule has 0 spiro atoms. The molecule has 0 saturated carbocycles. The molecule has 0 aliphatic carbocycles. The van der Waals surface area contributed by atoms with E-state index in [9.17, 15) is 14.7 Å². The monoisotopic (exact) mass is 339 g/mol. The molecule has 0 radical (unpaired) electrons. The van der Waals surface area contributed by atoms with Gasteiger partial charge in [-0.05, 0) is 30.2 Å². The summed E-state index contributed by atoms with van der Waals surface area (Å²) in [6.45, 7) is 1.52. The molecule has 1 heterocycles. The molecule has 122 valence electrons. The van der Waals surface area contributed by atoms with Gasteiger partial charge in [0.25, 0.3) is 0 Å². The first-order valence-corrected chi connectivity index (χ1v) is 8.62. The summed E-state index contributed by atoms with van der Waals surface area (Å²) >= 11 is 1.22. The van der Waals surface area contributed by atoms with E-state index in [0.29, 0.717) is 12.2 Å². The number of carbonyl (C=O) groups excluding carboxylic acids is 1. The Balaban J connectivity index is 2.21. The Bertz CT molecular complexity index is 900. The van der Waals surface area contributed by atoms with Crippen molar-refractivity contribution in [2.24, 2.45) is 0 Å². The Morgan fingerprint density at radius 3 is 2.38 bits per heavy atom. The van der Waals surface area contributed by atoms with Gasteiger partial charge in [0.1, 0.15) is 5.69 Å². The Morgan fingerprint density at radius 1 is 1.04 bits per heavy atom. The minimum atomic E-state index is -0.960. The zero-order valence-corrected chi connectivity index (χ0v) is 14.0. The van der Waals surface area contributed by atoms with Crippen LogP contribution in [0.15, 0.2) is 54.6 Å². The normalized spacial score (nSPS) is 10.9. The van der Waals surface area contributed by atoms with Crippen LogP contribution in [0.4, 0.5) is 0 Å². The van der Waals surface area contributed by atoms with Crippen LogP contribution in [0.2, 0.25) is 0 Å². The van der Waals surface area contributed by atoms with Crippen molar-refractivity contribution in [3.8, 4) is 5.69 Å². The number of para-hydroxylation sites is 2. The van der Waals surface area contributed by atoms with Gasteiger partial charge >= 0.3 is 5.97 Å². The predicted molar refractivity (Wildman–Crippen MR) is 97.1 cm³/mol. The fourth-order valence-corrected chi connectivity index (χ4v) is 3.52.